The fraction of sp³-hybridized carbons (Fsp3) is 0.409. The smallest absolute Gasteiger partial charge is 0.340 e. The molecule has 0 aromatic heterocycles. The van der Waals surface area contributed by atoms with Gasteiger partial charge in [0.2, 0.25) is 0 Å². The summed E-state index contributed by atoms with van der Waals surface area (Å²) in [6, 6.07) is 16.4. The zero-order valence-electron chi connectivity index (χ0n) is 16.1. The highest BCUT2D eigenvalue weighted by atomic mass is 16.6. The van der Waals surface area contributed by atoms with Crippen molar-refractivity contribution in [2.24, 2.45) is 10.2 Å². The highest BCUT2D eigenvalue weighted by Gasteiger charge is 2.15. The molecule has 0 spiro atoms. The van der Waals surface area contributed by atoms with Gasteiger partial charge in [-0.1, -0.05) is 50.8 Å². The Labute approximate surface area is 161 Å². The predicted octanol–water partition coefficient (Wildman–Crippen LogP) is 6.38. The van der Waals surface area contributed by atoms with Crippen LogP contribution in [0, 0.1) is 0 Å². The van der Waals surface area contributed by atoms with Gasteiger partial charge in [-0.2, -0.15) is 10.2 Å². The molecule has 0 saturated heterocycles. The topological polar surface area (TPSA) is 60.2 Å². The van der Waals surface area contributed by atoms with Crippen molar-refractivity contribution in [2.75, 3.05) is 6.61 Å². The molecule has 144 valence electrons. The Hall–Kier alpha value is -2.53. The van der Waals surface area contributed by atoms with E-state index in [1.54, 1.807) is 31.2 Å². The number of carbonyl (C=O) groups excluding carboxylic acids is 1. The molecule has 1 atom stereocenters. The van der Waals surface area contributed by atoms with Crippen LogP contribution in [0.3, 0.4) is 0 Å². The SMILES string of the molecule is CCCCCCCOC(C)C(=O)Oc1ccc(N=Nc2ccccc2)cc1. The quantitative estimate of drug-likeness (QED) is 0.200. The van der Waals surface area contributed by atoms with Crippen molar-refractivity contribution >= 4 is 17.3 Å². The van der Waals surface area contributed by atoms with E-state index in [0.29, 0.717) is 18.0 Å². The van der Waals surface area contributed by atoms with E-state index < -0.39 is 6.10 Å². The van der Waals surface area contributed by atoms with Gasteiger partial charge in [-0.05, 0) is 49.7 Å². The third kappa shape index (κ3) is 8.13. The molecule has 0 amide bonds. The van der Waals surface area contributed by atoms with Crippen molar-refractivity contribution in [3.8, 4) is 5.75 Å². The van der Waals surface area contributed by atoms with E-state index in [0.717, 1.165) is 18.5 Å². The molecule has 0 heterocycles. The standard InChI is InChI=1S/C22H28N2O3/c1-3-4-5-6-10-17-26-18(2)22(25)27-21-15-13-20(14-16-21)24-23-19-11-8-7-9-12-19/h7-9,11-16,18H,3-6,10,17H2,1-2H3. The number of ether oxygens (including phenoxy) is 2. The van der Waals surface area contributed by atoms with Crippen LogP contribution in [0.1, 0.15) is 46.0 Å². The lowest BCUT2D eigenvalue weighted by atomic mass is 10.2. The van der Waals surface area contributed by atoms with Crippen LogP contribution in [0.2, 0.25) is 0 Å². The second-order valence-corrected chi connectivity index (χ2v) is 6.38. The molecular weight excluding hydrogens is 340 g/mol. The van der Waals surface area contributed by atoms with Crippen LogP contribution < -0.4 is 4.74 Å². The number of hydrogen-bond donors (Lipinski definition) is 0. The normalized spacial score (nSPS) is 12.2. The maximum atomic E-state index is 12.1. The predicted molar refractivity (Wildman–Crippen MR) is 107 cm³/mol. The Morgan fingerprint density at radius 1 is 0.889 bits per heavy atom. The van der Waals surface area contributed by atoms with Gasteiger partial charge in [0.05, 0.1) is 11.4 Å². The van der Waals surface area contributed by atoms with Gasteiger partial charge in [0.15, 0.2) is 6.10 Å². The van der Waals surface area contributed by atoms with Crippen molar-refractivity contribution in [3.05, 3.63) is 54.6 Å². The molecule has 5 nitrogen and oxygen atoms in total. The summed E-state index contributed by atoms with van der Waals surface area (Å²) in [7, 11) is 0. The minimum absolute atomic E-state index is 0.387. The highest BCUT2D eigenvalue weighted by molar-refractivity contribution is 5.76. The minimum Gasteiger partial charge on any atom is -0.425 e. The van der Waals surface area contributed by atoms with E-state index in [2.05, 4.69) is 17.2 Å². The zero-order valence-corrected chi connectivity index (χ0v) is 16.1. The first-order valence-electron chi connectivity index (χ1n) is 9.59. The van der Waals surface area contributed by atoms with E-state index >= 15 is 0 Å². The summed E-state index contributed by atoms with van der Waals surface area (Å²) in [6.07, 6.45) is 5.21. The summed E-state index contributed by atoms with van der Waals surface area (Å²) >= 11 is 0. The molecule has 27 heavy (non-hydrogen) atoms. The molecule has 1 unspecified atom stereocenters. The number of carbonyl (C=O) groups is 1. The Balaban J connectivity index is 1.74. The number of nitrogens with zero attached hydrogens (tertiary/aromatic N) is 2. The number of benzene rings is 2. The van der Waals surface area contributed by atoms with Crippen LogP contribution in [0.4, 0.5) is 11.4 Å². The van der Waals surface area contributed by atoms with Gasteiger partial charge >= 0.3 is 5.97 Å². The third-order valence-corrected chi connectivity index (χ3v) is 4.04. The molecule has 0 aliphatic carbocycles. The number of hydrogen-bond acceptors (Lipinski definition) is 5. The van der Waals surface area contributed by atoms with Gasteiger partial charge < -0.3 is 9.47 Å². The lowest BCUT2D eigenvalue weighted by Crippen LogP contribution is -2.26. The van der Waals surface area contributed by atoms with Crippen LogP contribution in [0.15, 0.2) is 64.8 Å². The van der Waals surface area contributed by atoms with Crippen LogP contribution in [-0.4, -0.2) is 18.7 Å². The van der Waals surface area contributed by atoms with Gasteiger partial charge in [0.1, 0.15) is 5.75 Å². The monoisotopic (exact) mass is 368 g/mol. The maximum Gasteiger partial charge on any atom is 0.340 e. The largest absolute Gasteiger partial charge is 0.425 e. The molecule has 0 N–H and O–H groups in total. The van der Waals surface area contributed by atoms with Crippen molar-refractivity contribution in [1.82, 2.24) is 0 Å². The molecule has 0 radical (unpaired) electrons. The van der Waals surface area contributed by atoms with Crippen LogP contribution in [0.5, 0.6) is 5.75 Å². The zero-order chi connectivity index (χ0) is 19.3. The fourth-order valence-corrected chi connectivity index (χ4v) is 2.42. The third-order valence-electron chi connectivity index (χ3n) is 4.04. The van der Waals surface area contributed by atoms with E-state index in [1.807, 2.05) is 30.3 Å². The van der Waals surface area contributed by atoms with Crippen molar-refractivity contribution in [1.29, 1.82) is 0 Å². The molecule has 5 heteroatoms. The van der Waals surface area contributed by atoms with E-state index in [9.17, 15) is 4.79 Å². The first kappa shape index (κ1) is 20.8. The summed E-state index contributed by atoms with van der Waals surface area (Å²) in [5, 5.41) is 8.32. The average molecular weight is 368 g/mol. The van der Waals surface area contributed by atoms with Crippen LogP contribution >= 0.6 is 0 Å². The molecule has 0 aliphatic rings. The lowest BCUT2D eigenvalue weighted by Gasteiger charge is -2.12. The van der Waals surface area contributed by atoms with Crippen molar-refractivity contribution < 1.29 is 14.3 Å². The molecule has 0 aliphatic heterocycles. The second-order valence-electron chi connectivity index (χ2n) is 6.38. The Kier molecular flexibility index (Phi) is 9.21. The average Bonchev–Trinajstić information content (AvgIpc) is 2.70. The van der Waals surface area contributed by atoms with Gasteiger partial charge in [0.25, 0.3) is 0 Å². The van der Waals surface area contributed by atoms with Crippen molar-refractivity contribution in [3.63, 3.8) is 0 Å². The van der Waals surface area contributed by atoms with Crippen LogP contribution in [0.25, 0.3) is 0 Å². The lowest BCUT2D eigenvalue weighted by molar-refractivity contribution is -0.146. The van der Waals surface area contributed by atoms with E-state index in [1.165, 1.54) is 19.3 Å². The molecule has 0 saturated carbocycles. The summed E-state index contributed by atoms with van der Waals surface area (Å²) in [5.74, 6) is 0.0827. The van der Waals surface area contributed by atoms with Gasteiger partial charge in [0, 0.05) is 6.61 Å². The first-order chi connectivity index (χ1) is 13.2. The van der Waals surface area contributed by atoms with Gasteiger partial charge in [-0.15, -0.1) is 0 Å². The molecule has 2 aromatic rings. The summed E-state index contributed by atoms with van der Waals surface area (Å²) < 4.78 is 10.9. The Bertz CT molecular complexity index is 699. The van der Waals surface area contributed by atoms with E-state index in [-0.39, 0.29) is 5.97 Å². The molecular formula is C22H28N2O3. The van der Waals surface area contributed by atoms with Gasteiger partial charge in [-0.25, -0.2) is 4.79 Å². The Morgan fingerprint density at radius 2 is 1.52 bits per heavy atom. The molecule has 0 fully saturated rings. The Morgan fingerprint density at radius 3 is 2.19 bits per heavy atom. The second kappa shape index (κ2) is 12.0. The summed E-state index contributed by atoms with van der Waals surface area (Å²) in [4.78, 5) is 12.1. The number of rotatable bonds is 11. The van der Waals surface area contributed by atoms with Gasteiger partial charge in [-0.3, -0.25) is 0 Å². The number of unbranched alkanes of at least 4 members (excludes halogenated alkanes) is 4. The highest BCUT2D eigenvalue weighted by Crippen LogP contribution is 2.21. The van der Waals surface area contributed by atoms with E-state index in [4.69, 9.17) is 9.47 Å². The summed E-state index contributed by atoms with van der Waals surface area (Å²) in [6.45, 7) is 4.49. The number of azo groups is 1. The molecule has 0 bridgehead atoms. The maximum absolute atomic E-state index is 12.1. The molecule has 2 aromatic carbocycles. The molecule has 2 rings (SSSR count). The number of esters is 1. The van der Waals surface area contributed by atoms with Crippen molar-refractivity contribution in [2.45, 2.75) is 52.1 Å². The summed E-state index contributed by atoms with van der Waals surface area (Å²) in [5.41, 5.74) is 1.48. The first-order valence-corrected chi connectivity index (χ1v) is 9.59. The van der Waals surface area contributed by atoms with Crippen LogP contribution in [-0.2, 0) is 9.53 Å². The minimum atomic E-state index is -0.575. The fourth-order valence-electron chi connectivity index (χ4n) is 2.42.